The van der Waals surface area contributed by atoms with Crippen molar-refractivity contribution in [3.05, 3.63) is 21.9 Å². The second kappa shape index (κ2) is 6.12. The molecule has 2 nitrogen and oxygen atoms in total. The van der Waals surface area contributed by atoms with Crippen LogP contribution in [0.1, 0.15) is 42.7 Å². The highest BCUT2D eigenvalue weighted by Gasteiger charge is 2.20. The predicted octanol–water partition coefficient (Wildman–Crippen LogP) is 2.87. The van der Waals surface area contributed by atoms with Gasteiger partial charge in [-0.05, 0) is 49.2 Å². The average Bonchev–Trinajstić information content (AvgIpc) is 2.77. The van der Waals surface area contributed by atoms with Crippen LogP contribution in [0, 0.1) is 0 Å². The van der Waals surface area contributed by atoms with Gasteiger partial charge in [-0.2, -0.15) is 0 Å². The molecule has 0 saturated carbocycles. The predicted molar refractivity (Wildman–Crippen MR) is 76.1 cm³/mol. The van der Waals surface area contributed by atoms with Gasteiger partial charge in [0.15, 0.2) is 0 Å². The zero-order valence-electron chi connectivity index (χ0n) is 10.6. The summed E-state index contributed by atoms with van der Waals surface area (Å²) in [5.74, 6) is 0. The van der Waals surface area contributed by atoms with Gasteiger partial charge in [0.05, 0.1) is 0 Å². The third-order valence-electron chi connectivity index (χ3n) is 3.56. The van der Waals surface area contributed by atoms with Crippen molar-refractivity contribution >= 4 is 22.1 Å². The van der Waals surface area contributed by atoms with Crippen molar-refractivity contribution in [3.63, 3.8) is 0 Å². The highest BCUT2D eigenvalue weighted by atomic mass is 32.2. The summed E-state index contributed by atoms with van der Waals surface area (Å²) in [7, 11) is -0.692. The Bertz CT molecular complexity index is 389. The van der Waals surface area contributed by atoms with Crippen LogP contribution in [0.3, 0.4) is 0 Å². The van der Waals surface area contributed by atoms with E-state index in [0.29, 0.717) is 11.3 Å². The lowest BCUT2D eigenvalue weighted by molar-refractivity contribution is 0.459. The molecule has 0 aliphatic heterocycles. The van der Waals surface area contributed by atoms with E-state index in [4.69, 9.17) is 0 Å². The lowest BCUT2D eigenvalue weighted by Crippen LogP contribution is -2.27. The van der Waals surface area contributed by atoms with Crippen LogP contribution in [0.2, 0.25) is 0 Å². The molecular weight excluding hydrogens is 250 g/mol. The molecular formula is C13H21NOS2. The van der Waals surface area contributed by atoms with Crippen LogP contribution in [0.4, 0.5) is 0 Å². The molecule has 0 amide bonds. The van der Waals surface area contributed by atoms with Crippen LogP contribution in [-0.2, 0) is 17.2 Å². The van der Waals surface area contributed by atoms with E-state index in [9.17, 15) is 4.21 Å². The van der Waals surface area contributed by atoms with Gasteiger partial charge in [0.25, 0.3) is 0 Å². The van der Waals surface area contributed by atoms with Gasteiger partial charge < -0.3 is 5.32 Å². The van der Waals surface area contributed by atoms with Crippen molar-refractivity contribution in [3.8, 4) is 0 Å². The Morgan fingerprint density at radius 3 is 3.24 bits per heavy atom. The van der Waals surface area contributed by atoms with E-state index in [-0.39, 0.29) is 0 Å². The summed E-state index contributed by atoms with van der Waals surface area (Å²) < 4.78 is 11.3. The molecule has 1 aromatic rings. The standard InChI is InChI=1S/C13H21NOS2/c1-10(17(2)15)6-8-14-12-4-3-5-13-11(12)7-9-16-13/h7,9-10,12,14H,3-6,8H2,1-2H3. The summed E-state index contributed by atoms with van der Waals surface area (Å²) in [4.78, 5) is 1.56. The minimum absolute atomic E-state index is 0.299. The van der Waals surface area contributed by atoms with Gasteiger partial charge in [0, 0.05) is 33.2 Å². The summed E-state index contributed by atoms with van der Waals surface area (Å²) in [6, 6.07) is 2.79. The molecule has 0 radical (unpaired) electrons. The first-order chi connectivity index (χ1) is 8.18. The molecule has 3 atom stereocenters. The Morgan fingerprint density at radius 2 is 2.47 bits per heavy atom. The van der Waals surface area contributed by atoms with Crippen LogP contribution in [0.5, 0.6) is 0 Å². The molecule has 17 heavy (non-hydrogen) atoms. The number of nitrogens with one attached hydrogen (secondary N) is 1. The molecule has 0 saturated heterocycles. The minimum Gasteiger partial charge on any atom is -0.310 e. The molecule has 1 aliphatic carbocycles. The van der Waals surface area contributed by atoms with E-state index in [1.54, 1.807) is 11.1 Å². The summed E-state index contributed by atoms with van der Waals surface area (Å²) in [6.45, 7) is 3.04. The van der Waals surface area contributed by atoms with Gasteiger partial charge >= 0.3 is 0 Å². The van der Waals surface area contributed by atoms with Crippen LogP contribution in [0.25, 0.3) is 0 Å². The first-order valence-electron chi connectivity index (χ1n) is 6.30. The molecule has 0 fully saturated rings. The molecule has 1 aliphatic rings. The molecule has 0 bridgehead atoms. The zero-order valence-corrected chi connectivity index (χ0v) is 12.2. The Hall–Kier alpha value is -0.190. The number of hydrogen-bond donors (Lipinski definition) is 1. The molecule has 0 aromatic carbocycles. The second-order valence-electron chi connectivity index (χ2n) is 4.80. The minimum atomic E-state index is -0.692. The fraction of sp³-hybridized carbons (Fsp3) is 0.692. The summed E-state index contributed by atoms with van der Waals surface area (Å²) in [6.07, 6.45) is 6.58. The SMILES string of the molecule is CC(CCNC1CCCc2sccc21)S(C)=O. The Balaban J connectivity index is 1.83. The van der Waals surface area contributed by atoms with Crippen molar-refractivity contribution in [1.29, 1.82) is 0 Å². The number of hydrogen-bond acceptors (Lipinski definition) is 3. The fourth-order valence-corrected chi connectivity index (χ4v) is 3.76. The molecule has 0 spiro atoms. The Kier molecular flexibility index (Phi) is 4.77. The van der Waals surface area contributed by atoms with Gasteiger partial charge in [-0.25, -0.2) is 0 Å². The molecule has 4 heteroatoms. The molecule has 1 aromatic heterocycles. The van der Waals surface area contributed by atoms with Crippen LogP contribution >= 0.6 is 11.3 Å². The van der Waals surface area contributed by atoms with E-state index < -0.39 is 10.8 Å². The van der Waals surface area contributed by atoms with Crippen molar-refractivity contribution in [1.82, 2.24) is 5.32 Å². The van der Waals surface area contributed by atoms with Crippen molar-refractivity contribution in [2.45, 2.75) is 43.9 Å². The number of thiophene rings is 1. The fourth-order valence-electron chi connectivity index (χ4n) is 2.33. The third-order valence-corrected chi connectivity index (χ3v) is 5.93. The number of aryl methyl sites for hydroxylation is 1. The van der Waals surface area contributed by atoms with Crippen LogP contribution in [0.15, 0.2) is 11.4 Å². The van der Waals surface area contributed by atoms with E-state index in [1.807, 2.05) is 11.3 Å². The van der Waals surface area contributed by atoms with Gasteiger partial charge in [-0.15, -0.1) is 11.3 Å². The smallest absolute Gasteiger partial charge is 0.0331 e. The number of rotatable bonds is 5. The summed E-state index contributed by atoms with van der Waals surface area (Å²) in [5, 5.41) is 6.12. The lowest BCUT2D eigenvalue weighted by Gasteiger charge is -2.24. The Morgan fingerprint density at radius 1 is 1.65 bits per heavy atom. The average molecular weight is 271 g/mol. The first-order valence-corrected chi connectivity index (χ1v) is 8.80. The summed E-state index contributed by atoms with van der Waals surface area (Å²) >= 11 is 1.89. The van der Waals surface area contributed by atoms with Crippen molar-refractivity contribution < 1.29 is 4.21 Å². The van der Waals surface area contributed by atoms with E-state index in [2.05, 4.69) is 23.7 Å². The third kappa shape index (κ3) is 3.39. The van der Waals surface area contributed by atoms with Crippen molar-refractivity contribution in [2.75, 3.05) is 12.8 Å². The van der Waals surface area contributed by atoms with E-state index in [0.717, 1.165) is 13.0 Å². The molecule has 3 unspecified atom stereocenters. The largest absolute Gasteiger partial charge is 0.310 e. The first kappa shape index (κ1) is 13.2. The molecule has 96 valence electrons. The van der Waals surface area contributed by atoms with E-state index >= 15 is 0 Å². The van der Waals surface area contributed by atoms with E-state index in [1.165, 1.54) is 24.8 Å². The van der Waals surface area contributed by atoms with Gasteiger partial charge in [-0.3, -0.25) is 4.21 Å². The Labute approximate surface area is 110 Å². The summed E-state index contributed by atoms with van der Waals surface area (Å²) in [5.41, 5.74) is 1.51. The maximum Gasteiger partial charge on any atom is 0.0331 e. The van der Waals surface area contributed by atoms with Gasteiger partial charge in [0.1, 0.15) is 0 Å². The maximum atomic E-state index is 11.3. The van der Waals surface area contributed by atoms with Gasteiger partial charge in [0.2, 0.25) is 0 Å². The molecule has 1 N–H and O–H groups in total. The second-order valence-corrected chi connectivity index (χ2v) is 7.60. The van der Waals surface area contributed by atoms with Crippen molar-refractivity contribution in [2.24, 2.45) is 0 Å². The lowest BCUT2D eigenvalue weighted by atomic mass is 9.94. The van der Waals surface area contributed by atoms with Crippen LogP contribution < -0.4 is 5.32 Å². The molecule has 2 rings (SSSR count). The topological polar surface area (TPSA) is 29.1 Å². The van der Waals surface area contributed by atoms with Crippen LogP contribution in [-0.4, -0.2) is 22.3 Å². The van der Waals surface area contributed by atoms with Gasteiger partial charge in [-0.1, -0.05) is 6.92 Å². The quantitative estimate of drug-likeness (QED) is 0.892. The maximum absolute atomic E-state index is 11.3. The highest BCUT2D eigenvalue weighted by Crippen LogP contribution is 2.33. The number of fused-ring (bicyclic) bond motifs is 1. The normalized spacial score (nSPS) is 23.1. The zero-order chi connectivity index (χ0) is 12.3. The monoisotopic (exact) mass is 271 g/mol. The highest BCUT2D eigenvalue weighted by molar-refractivity contribution is 7.84. The molecule has 1 heterocycles.